The first-order valence-electron chi connectivity index (χ1n) is 9.12. The fourth-order valence-electron chi connectivity index (χ4n) is 3.89. The lowest BCUT2D eigenvalue weighted by Crippen LogP contribution is -2.46. The van der Waals surface area contributed by atoms with Crippen molar-refractivity contribution in [3.63, 3.8) is 0 Å². The van der Waals surface area contributed by atoms with Gasteiger partial charge in [-0.25, -0.2) is 9.97 Å². The summed E-state index contributed by atoms with van der Waals surface area (Å²) in [7, 11) is 6.11. The van der Waals surface area contributed by atoms with Gasteiger partial charge in [0.05, 0.1) is 11.4 Å². The molecule has 0 N–H and O–H groups in total. The number of aryl methyl sites for hydroxylation is 2. The molecule has 2 aromatic heterocycles. The Balaban J connectivity index is 1.40. The Hall–Kier alpha value is -2.15. The van der Waals surface area contributed by atoms with Crippen LogP contribution in [-0.4, -0.2) is 64.9 Å². The standard InChI is InChI=1S/C18H27N7/c1-22(2)17-11-18(20-13-19-17)25-9-7-24(8-10-25)12-16-14-5-4-6-15(14)21-23(16)3/h11,13H,4-10,12H2,1-3H3. The van der Waals surface area contributed by atoms with Crippen LogP contribution < -0.4 is 9.80 Å². The van der Waals surface area contributed by atoms with E-state index in [0.29, 0.717) is 0 Å². The summed E-state index contributed by atoms with van der Waals surface area (Å²) in [6, 6.07) is 2.07. The third-order valence-corrected chi connectivity index (χ3v) is 5.36. The largest absolute Gasteiger partial charge is 0.363 e. The van der Waals surface area contributed by atoms with Gasteiger partial charge in [-0.2, -0.15) is 5.10 Å². The van der Waals surface area contributed by atoms with E-state index in [2.05, 4.69) is 37.6 Å². The van der Waals surface area contributed by atoms with E-state index in [9.17, 15) is 0 Å². The SMILES string of the molecule is CN(C)c1cc(N2CCN(Cc3c4c(nn3C)CCC4)CC2)ncn1. The quantitative estimate of drug-likeness (QED) is 0.830. The molecule has 4 rings (SSSR count). The number of piperazine rings is 1. The topological polar surface area (TPSA) is 53.3 Å². The van der Waals surface area contributed by atoms with Crippen molar-refractivity contribution >= 4 is 11.6 Å². The fraction of sp³-hybridized carbons (Fsp3) is 0.611. The maximum atomic E-state index is 4.70. The van der Waals surface area contributed by atoms with E-state index >= 15 is 0 Å². The molecule has 0 saturated carbocycles. The molecule has 7 heteroatoms. The first-order chi connectivity index (χ1) is 12.1. The van der Waals surface area contributed by atoms with Crippen molar-refractivity contribution < 1.29 is 0 Å². The van der Waals surface area contributed by atoms with Gasteiger partial charge in [0.2, 0.25) is 0 Å². The molecule has 0 unspecified atom stereocenters. The molecule has 0 amide bonds. The molecule has 1 aliphatic carbocycles. The molecule has 1 fully saturated rings. The highest BCUT2D eigenvalue weighted by molar-refractivity contribution is 5.49. The van der Waals surface area contributed by atoms with E-state index in [1.807, 2.05) is 19.0 Å². The van der Waals surface area contributed by atoms with Crippen molar-refractivity contribution in [3.05, 3.63) is 29.3 Å². The second kappa shape index (κ2) is 6.63. The number of aromatic nitrogens is 4. The van der Waals surface area contributed by atoms with Crippen LogP contribution in [-0.2, 0) is 26.4 Å². The number of rotatable bonds is 4. The Morgan fingerprint density at radius 3 is 2.64 bits per heavy atom. The second-order valence-electron chi connectivity index (χ2n) is 7.24. The van der Waals surface area contributed by atoms with Gasteiger partial charge in [0.15, 0.2) is 0 Å². The first kappa shape index (κ1) is 16.3. The number of anilines is 2. The third kappa shape index (κ3) is 3.20. The Kier molecular flexibility index (Phi) is 4.33. The van der Waals surface area contributed by atoms with Gasteiger partial charge in [-0.1, -0.05) is 0 Å². The average molecular weight is 341 g/mol. The molecule has 134 valence electrons. The van der Waals surface area contributed by atoms with E-state index < -0.39 is 0 Å². The summed E-state index contributed by atoms with van der Waals surface area (Å²) in [5.41, 5.74) is 4.25. The Morgan fingerprint density at radius 2 is 1.88 bits per heavy atom. The first-order valence-corrected chi connectivity index (χ1v) is 9.12. The van der Waals surface area contributed by atoms with Crippen molar-refractivity contribution in [1.82, 2.24) is 24.6 Å². The monoisotopic (exact) mass is 341 g/mol. The van der Waals surface area contributed by atoms with Crippen LogP contribution >= 0.6 is 0 Å². The highest BCUT2D eigenvalue weighted by Gasteiger charge is 2.24. The van der Waals surface area contributed by atoms with Crippen molar-refractivity contribution in [3.8, 4) is 0 Å². The molecule has 2 aliphatic rings. The van der Waals surface area contributed by atoms with E-state index in [0.717, 1.165) is 50.8 Å². The molecule has 0 bridgehead atoms. The summed E-state index contributed by atoms with van der Waals surface area (Å²) in [6.07, 6.45) is 5.28. The number of hydrogen-bond donors (Lipinski definition) is 0. The molecule has 0 spiro atoms. The normalized spacial score (nSPS) is 17.8. The van der Waals surface area contributed by atoms with E-state index in [-0.39, 0.29) is 0 Å². The number of hydrogen-bond acceptors (Lipinski definition) is 6. The molecule has 0 radical (unpaired) electrons. The highest BCUT2D eigenvalue weighted by Crippen LogP contribution is 2.26. The summed E-state index contributed by atoms with van der Waals surface area (Å²) in [4.78, 5) is 15.7. The van der Waals surface area contributed by atoms with Gasteiger partial charge in [-0.15, -0.1) is 0 Å². The lowest BCUT2D eigenvalue weighted by atomic mass is 10.2. The van der Waals surface area contributed by atoms with Crippen molar-refractivity contribution in [1.29, 1.82) is 0 Å². The third-order valence-electron chi connectivity index (χ3n) is 5.36. The van der Waals surface area contributed by atoms with Crippen LogP contribution in [0, 0.1) is 0 Å². The summed E-state index contributed by atoms with van der Waals surface area (Å²) in [6.45, 7) is 5.13. The van der Waals surface area contributed by atoms with Crippen molar-refractivity contribution in [2.45, 2.75) is 25.8 Å². The molecule has 1 aliphatic heterocycles. The Morgan fingerprint density at radius 1 is 1.08 bits per heavy atom. The predicted molar refractivity (Wildman–Crippen MR) is 99.1 cm³/mol. The van der Waals surface area contributed by atoms with Crippen LogP contribution in [0.1, 0.15) is 23.4 Å². The molecule has 1 saturated heterocycles. The smallest absolute Gasteiger partial charge is 0.134 e. The average Bonchev–Trinajstić information content (AvgIpc) is 3.18. The van der Waals surface area contributed by atoms with Crippen molar-refractivity contribution in [2.75, 3.05) is 50.1 Å². The van der Waals surface area contributed by atoms with Gasteiger partial charge < -0.3 is 9.80 Å². The van der Waals surface area contributed by atoms with Crippen LogP contribution in [0.2, 0.25) is 0 Å². The maximum absolute atomic E-state index is 4.70. The van der Waals surface area contributed by atoms with Gasteiger partial charge in [0, 0.05) is 59.9 Å². The second-order valence-corrected chi connectivity index (χ2v) is 7.24. The van der Waals surface area contributed by atoms with Crippen molar-refractivity contribution in [2.24, 2.45) is 7.05 Å². The van der Waals surface area contributed by atoms with E-state index in [1.54, 1.807) is 6.33 Å². The molecule has 7 nitrogen and oxygen atoms in total. The Bertz CT molecular complexity index is 744. The van der Waals surface area contributed by atoms with Crippen LogP contribution in [0.25, 0.3) is 0 Å². The summed E-state index contributed by atoms with van der Waals surface area (Å²) >= 11 is 0. The minimum absolute atomic E-state index is 0.956. The van der Waals surface area contributed by atoms with Gasteiger partial charge in [0.25, 0.3) is 0 Å². The molecule has 2 aromatic rings. The Labute approximate surface area is 149 Å². The van der Waals surface area contributed by atoms with E-state index in [1.165, 1.54) is 29.8 Å². The maximum Gasteiger partial charge on any atom is 0.134 e. The molecule has 0 aromatic carbocycles. The van der Waals surface area contributed by atoms with Crippen LogP contribution in [0.5, 0.6) is 0 Å². The van der Waals surface area contributed by atoms with Gasteiger partial charge in [-0.3, -0.25) is 9.58 Å². The summed E-state index contributed by atoms with van der Waals surface area (Å²) in [5.74, 6) is 1.98. The van der Waals surface area contributed by atoms with Gasteiger partial charge >= 0.3 is 0 Å². The predicted octanol–water partition coefficient (Wildman–Crippen LogP) is 1.09. The van der Waals surface area contributed by atoms with Crippen LogP contribution in [0.4, 0.5) is 11.6 Å². The number of fused-ring (bicyclic) bond motifs is 1. The van der Waals surface area contributed by atoms with Crippen LogP contribution in [0.3, 0.4) is 0 Å². The zero-order chi connectivity index (χ0) is 17.4. The zero-order valence-corrected chi connectivity index (χ0v) is 15.4. The fourth-order valence-corrected chi connectivity index (χ4v) is 3.89. The molecule has 3 heterocycles. The number of nitrogens with zero attached hydrogens (tertiary/aromatic N) is 7. The van der Waals surface area contributed by atoms with Gasteiger partial charge in [0.1, 0.15) is 18.0 Å². The van der Waals surface area contributed by atoms with Crippen LogP contribution in [0.15, 0.2) is 12.4 Å². The summed E-state index contributed by atoms with van der Waals surface area (Å²) in [5, 5.41) is 4.70. The minimum Gasteiger partial charge on any atom is -0.363 e. The highest BCUT2D eigenvalue weighted by atomic mass is 15.3. The molecular weight excluding hydrogens is 314 g/mol. The zero-order valence-electron chi connectivity index (χ0n) is 15.4. The lowest BCUT2D eigenvalue weighted by molar-refractivity contribution is 0.242. The minimum atomic E-state index is 0.956. The molecule has 25 heavy (non-hydrogen) atoms. The summed E-state index contributed by atoms with van der Waals surface area (Å²) < 4.78 is 2.10. The van der Waals surface area contributed by atoms with Gasteiger partial charge in [-0.05, 0) is 24.8 Å². The molecule has 0 atom stereocenters. The molecular formula is C18H27N7. The van der Waals surface area contributed by atoms with E-state index in [4.69, 9.17) is 5.10 Å². The lowest BCUT2D eigenvalue weighted by Gasteiger charge is -2.35.